The van der Waals surface area contributed by atoms with Gasteiger partial charge in [0, 0.05) is 44.0 Å². The highest BCUT2D eigenvalue weighted by molar-refractivity contribution is 7.88. The first-order chi connectivity index (χ1) is 16.9. The molecule has 0 fully saturated rings. The average Bonchev–Trinajstić information content (AvgIpc) is 2.86. The van der Waals surface area contributed by atoms with Gasteiger partial charge in [-0.05, 0) is 54.3 Å². The van der Waals surface area contributed by atoms with E-state index < -0.39 is 10.0 Å². The Balaban J connectivity index is 1.40. The molecule has 0 atom stereocenters. The smallest absolute Gasteiger partial charge is 0.250 e. The van der Waals surface area contributed by atoms with Crippen molar-refractivity contribution in [2.45, 2.75) is 18.6 Å². The molecule has 2 aromatic heterocycles. The normalized spacial score (nSPS) is 11.7. The van der Waals surface area contributed by atoms with Gasteiger partial charge < -0.3 is 9.30 Å². The molecule has 7 nitrogen and oxygen atoms in total. The van der Waals surface area contributed by atoms with Crippen LogP contribution in [0.3, 0.4) is 0 Å². The minimum absolute atomic E-state index is 0.0366. The van der Waals surface area contributed by atoms with Gasteiger partial charge >= 0.3 is 0 Å². The second-order valence-corrected chi connectivity index (χ2v) is 10.4. The van der Waals surface area contributed by atoms with Crippen LogP contribution >= 0.6 is 0 Å². The lowest BCUT2D eigenvalue weighted by molar-refractivity contribution is 0.289. The van der Waals surface area contributed by atoms with Crippen molar-refractivity contribution in [3.8, 4) is 5.75 Å². The minimum Gasteiger partial charge on any atom is -0.494 e. The molecule has 4 rings (SSSR count). The predicted octanol–water partition coefficient (Wildman–Crippen LogP) is 3.78. The van der Waals surface area contributed by atoms with Gasteiger partial charge in [0.25, 0.3) is 5.56 Å². The summed E-state index contributed by atoms with van der Waals surface area (Å²) in [6.07, 6.45) is 4.61. The summed E-state index contributed by atoms with van der Waals surface area (Å²) in [5.41, 5.74) is 2.53. The van der Waals surface area contributed by atoms with Gasteiger partial charge in [-0.3, -0.25) is 9.78 Å². The fourth-order valence-electron chi connectivity index (χ4n) is 3.95. The third-order valence-corrected chi connectivity index (χ3v) is 7.73. The number of rotatable bonds is 11. The number of fused-ring (bicyclic) bond motifs is 1. The molecule has 0 saturated carbocycles. The number of nitrogens with zero attached hydrogens (tertiary/aromatic N) is 3. The first-order valence-corrected chi connectivity index (χ1v) is 13.2. The summed E-state index contributed by atoms with van der Waals surface area (Å²) in [6.45, 7) is 1.11. The van der Waals surface area contributed by atoms with E-state index in [0.717, 1.165) is 22.0 Å². The average molecular weight is 492 g/mol. The summed E-state index contributed by atoms with van der Waals surface area (Å²) < 4.78 is 35.5. The van der Waals surface area contributed by atoms with E-state index in [1.165, 1.54) is 6.07 Å². The van der Waals surface area contributed by atoms with Crippen LogP contribution in [-0.4, -0.2) is 42.0 Å². The molecule has 0 bridgehead atoms. The van der Waals surface area contributed by atoms with Crippen LogP contribution in [0.2, 0.25) is 0 Å². The van der Waals surface area contributed by atoms with Crippen molar-refractivity contribution in [3.63, 3.8) is 0 Å². The van der Waals surface area contributed by atoms with Crippen LogP contribution in [0.25, 0.3) is 10.9 Å². The van der Waals surface area contributed by atoms with E-state index in [2.05, 4.69) is 4.98 Å². The zero-order valence-electron chi connectivity index (χ0n) is 19.7. The van der Waals surface area contributed by atoms with Gasteiger partial charge in [-0.15, -0.1) is 0 Å². The molecule has 0 N–H and O–H groups in total. The van der Waals surface area contributed by atoms with Crippen molar-refractivity contribution in [2.24, 2.45) is 7.05 Å². The van der Waals surface area contributed by atoms with Crippen molar-refractivity contribution >= 4 is 20.9 Å². The van der Waals surface area contributed by atoms with Gasteiger partial charge in [0.1, 0.15) is 5.75 Å². The first kappa shape index (κ1) is 24.6. The van der Waals surface area contributed by atoms with Crippen LogP contribution in [0, 0.1) is 0 Å². The van der Waals surface area contributed by atoms with Crippen LogP contribution in [0.1, 0.15) is 17.5 Å². The zero-order valence-corrected chi connectivity index (χ0v) is 20.5. The van der Waals surface area contributed by atoms with Crippen LogP contribution < -0.4 is 10.3 Å². The molecule has 0 radical (unpaired) electrons. The van der Waals surface area contributed by atoms with Crippen LogP contribution in [-0.2, 0) is 29.2 Å². The largest absolute Gasteiger partial charge is 0.494 e. The lowest BCUT2D eigenvalue weighted by Crippen LogP contribution is -2.35. The third-order valence-electron chi connectivity index (χ3n) is 5.87. The van der Waals surface area contributed by atoms with E-state index in [4.69, 9.17) is 4.74 Å². The SMILES string of the molecule is Cn1c(=O)ccc2cc(OCCCN(CCc3cccnc3)S(=O)(=O)Cc3ccccc3)ccc21. The maximum atomic E-state index is 13.2. The lowest BCUT2D eigenvalue weighted by Gasteiger charge is -2.22. The summed E-state index contributed by atoms with van der Waals surface area (Å²) in [5.74, 6) is 0.649. The van der Waals surface area contributed by atoms with E-state index in [-0.39, 0.29) is 11.3 Å². The second-order valence-electron chi connectivity index (χ2n) is 8.41. The standard InChI is InChI=1S/C27H29N3O4S/c1-29-26-12-11-25(19-24(26)10-13-27(29)31)34-18-6-16-30(17-14-22-9-5-15-28-20-22)35(32,33)21-23-7-3-2-4-8-23/h2-5,7-13,15,19-20H,6,14,16-18,21H2,1H3. The Morgan fingerprint density at radius 2 is 1.74 bits per heavy atom. The predicted molar refractivity (Wildman–Crippen MR) is 138 cm³/mol. The second kappa shape index (κ2) is 11.3. The molecule has 2 heterocycles. The molecule has 4 aromatic rings. The Bertz CT molecular complexity index is 1420. The number of sulfonamides is 1. The molecule has 2 aromatic carbocycles. The van der Waals surface area contributed by atoms with Crippen molar-refractivity contribution in [3.05, 3.63) is 107 Å². The summed E-state index contributed by atoms with van der Waals surface area (Å²) in [7, 11) is -1.77. The topological polar surface area (TPSA) is 81.5 Å². The fourth-order valence-corrected chi connectivity index (χ4v) is 5.52. The number of aromatic nitrogens is 2. The van der Waals surface area contributed by atoms with Crippen molar-refractivity contribution < 1.29 is 13.2 Å². The zero-order chi connectivity index (χ0) is 24.7. The molecule has 182 valence electrons. The highest BCUT2D eigenvalue weighted by Crippen LogP contribution is 2.20. The maximum Gasteiger partial charge on any atom is 0.250 e. The number of aryl methyl sites for hydroxylation is 1. The van der Waals surface area contributed by atoms with E-state index in [1.807, 2.05) is 60.7 Å². The highest BCUT2D eigenvalue weighted by atomic mass is 32.2. The molecule has 0 amide bonds. The van der Waals surface area contributed by atoms with E-state index in [9.17, 15) is 13.2 Å². The van der Waals surface area contributed by atoms with Crippen LogP contribution in [0.4, 0.5) is 0 Å². The van der Waals surface area contributed by atoms with Crippen LogP contribution in [0.5, 0.6) is 5.75 Å². The summed E-state index contributed by atoms with van der Waals surface area (Å²) >= 11 is 0. The van der Waals surface area contributed by atoms with E-state index >= 15 is 0 Å². The molecule has 0 aliphatic carbocycles. The summed E-state index contributed by atoms with van der Waals surface area (Å²) in [5, 5.41) is 0.910. The van der Waals surface area contributed by atoms with E-state index in [0.29, 0.717) is 38.3 Å². The number of pyridine rings is 2. The van der Waals surface area contributed by atoms with Crippen molar-refractivity contribution in [1.82, 2.24) is 13.9 Å². The van der Waals surface area contributed by atoms with E-state index in [1.54, 1.807) is 34.4 Å². The van der Waals surface area contributed by atoms with Gasteiger partial charge in [-0.2, -0.15) is 0 Å². The third kappa shape index (κ3) is 6.55. The molecule has 0 spiro atoms. The fraction of sp³-hybridized carbons (Fsp3) is 0.259. The number of hydrogen-bond acceptors (Lipinski definition) is 5. The number of benzene rings is 2. The lowest BCUT2D eigenvalue weighted by atomic mass is 10.2. The van der Waals surface area contributed by atoms with Crippen molar-refractivity contribution in [1.29, 1.82) is 0 Å². The number of hydrogen-bond donors (Lipinski definition) is 0. The Morgan fingerprint density at radius 1 is 0.943 bits per heavy atom. The van der Waals surface area contributed by atoms with Gasteiger partial charge in [-0.1, -0.05) is 36.4 Å². The van der Waals surface area contributed by atoms with Gasteiger partial charge in [0.2, 0.25) is 10.0 Å². The summed E-state index contributed by atoms with van der Waals surface area (Å²) in [6, 6.07) is 21.9. The minimum atomic E-state index is -3.50. The Morgan fingerprint density at radius 3 is 2.51 bits per heavy atom. The van der Waals surface area contributed by atoms with Gasteiger partial charge in [0.15, 0.2) is 0 Å². The molecular formula is C27H29N3O4S. The molecule has 35 heavy (non-hydrogen) atoms. The quantitative estimate of drug-likeness (QED) is 0.298. The molecule has 0 aliphatic heterocycles. The molecule has 0 unspecified atom stereocenters. The first-order valence-electron chi connectivity index (χ1n) is 11.6. The molecular weight excluding hydrogens is 462 g/mol. The highest BCUT2D eigenvalue weighted by Gasteiger charge is 2.22. The Labute approximate surface area is 205 Å². The van der Waals surface area contributed by atoms with Crippen molar-refractivity contribution in [2.75, 3.05) is 19.7 Å². The van der Waals surface area contributed by atoms with Crippen LogP contribution in [0.15, 0.2) is 90.0 Å². The number of ether oxygens (including phenoxy) is 1. The Hall–Kier alpha value is -3.49. The van der Waals surface area contributed by atoms with Gasteiger partial charge in [-0.25, -0.2) is 12.7 Å². The Kier molecular flexibility index (Phi) is 7.94. The van der Waals surface area contributed by atoms with Gasteiger partial charge in [0.05, 0.1) is 17.9 Å². The monoisotopic (exact) mass is 491 g/mol. The molecule has 8 heteroatoms. The summed E-state index contributed by atoms with van der Waals surface area (Å²) in [4.78, 5) is 15.9. The molecule has 0 aliphatic rings. The molecule has 0 saturated heterocycles. The maximum absolute atomic E-state index is 13.2.